The lowest BCUT2D eigenvalue weighted by molar-refractivity contribution is -0.129. The number of carbonyl (C=O) groups excluding carboxylic acids is 1. The number of hydrogen-bond acceptors (Lipinski definition) is 7. The van der Waals surface area contributed by atoms with Crippen molar-refractivity contribution in [3.05, 3.63) is 18.2 Å². The van der Waals surface area contributed by atoms with E-state index in [9.17, 15) is 4.79 Å². The van der Waals surface area contributed by atoms with Crippen molar-refractivity contribution >= 4 is 17.7 Å². The summed E-state index contributed by atoms with van der Waals surface area (Å²) in [6, 6.07) is 5.84. The highest BCUT2D eigenvalue weighted by atomic mass is 32.2. The lowest BCUT2D eigenvalue weighted by Crippen LogP contribution is -2.39. The van der Waals surface area contributed by atoms with E-state index in [0.29, 0.717) is 34.4 Å². The average Bonchev–Trinajstić information content (AvgIpc) is 3.34. The maximum absolute atomic E-state index is 12.4. The lowest BCUT2D eigenvalue weighted by Gasteiger charge is -2.31. The number of nitrogens with zero attached hydrogens (tertiary/aromatic N) is 3. The van der Waals surface area contributed by atoms with Gasteiger partial charge in [-0.25, -0.2) is 0 Å². The number of hydrogen-bond donors (Lipinski definition) is 0. The van der Waals surface area contributed by atoms with E-state index in [0.717, 1.165) is 18.4 Å². The molecule has 1 aliphatic carbocycles. The first-order chi connectivity index (χ1) is 12.7. The van der Waals surface area contributed by atoms with E-state index >= 15 is 0 Å². The normalized spacial score (nSPS) is 16.7. The predicted molar refractivity (Wildman–Crippen MR) is 96.2 cm³/mol. The molecule has 0 saturated heterocycles. The van der Waals surface area contributed by atoms with E-state index in [1.165, 1.54) is 31.0 Å². The van der Waals surface area contributed by atoms with E-state index in [2.05, 4.69) is 10.2 Å². The van der Waals surface area contributed by atoms with Gasteiger partial charge in [-0.1, -0.05) is 31.0 Å². The molecule has 1 saturated carbocycles. The van der Waals surface area contributed by atoms with Crippen LogP contribution in [0.1, 0.15) is 32.1 Å². The van der Waals surface area contributed by atoms with Crippen molar-refractivity contribution in [2.75, 3.05) is 19.6 Å². The Hall–Kier alpha value is -2.22. The third-order valence-corrected chi connectivity index (χ3v) is 5.66. The number of fused-ring (bicyclic) bond motifs is 1. The zero-order valence-electron chi connectivity index (χ0n) is 14.6. The van der Waals surface area contributed by atoms with Gasteiger partial charge in [-0.3, -0.25) is 4.79 Å². The summed E-state index contributed by atoms with van der Waals surface area (Å²) >= 11 is 1.27. The Morgan fingerprint density at radius 2 is 2.00 bits per heavy atom. The zero-order chi connectivity index (χ0) is 17.9. The summed E-state index contributed by atoms with van der Waals surface area (Å²) in [5.74, 6) is 2.18. The minimum atomic E-state index is 0.102. The van der Waals surface area contributed by atoms with Crippen LogP contribution in [0.5, 0.6) is 11.5 Å². The van der Waals surface area contributed by atoms with Gasteiger partial charge in [0, 0.05) is 18.7 Å². The van der Waals surface area contributed by atoms with Gasteiger partial charge in [0.1, 0.15) is 0 Å². The summed E-state index contributed by atoms with van der Waals surface area (Å²) in [6.45, 7) is 0.223. The second kappa shape index (κ2) is 7.57. The number of carbonyl (C=O) groups is 1. The minimum absolute atomic E-state index is 0.102. The fraction of sp³-hybridized carbons (Fsp3) is 0.500. The fourth-order valence-electron chi connectivity index (χ4n) is 3.31. The summed E-state index contributed by atoms with van der Waals surface area (Å²) in [7, 11) is 1.89. The first kappa shape index (κ1) is 17.2. The molecular weight excluding hydrogens is 354 g/mol. The molecule has 0 spiro atoms. The SMILES string of the molecule is CN(C(=O)CSc1nnc(-c2ccc3c(c2)OCO3)o1)C1CCCCC1. The molecule has 2 aromatic rings. The number of ether oxygens (including phenoxy) is 2. The Morgan fingerprint density at radius 1 is 1.19 bits per heavy atom. The van der Waals surface area contributed by atoms with Crippen LogP contribution in [0.3, 0.4) is 0 Å². The molecule has 4 rings (SSSR count). The maximum atomic E-state index is 12.4. The second-order valence-electron chi connectivity index (χ2n) is 6.53. The van der Waals surface area contributed by atoms with Crippen molar-refractivity contribution in [1.29, 1.82) is 0 Å². The number of thioether (sulfide) groups is 1. The molecule has 1 fully saturated rings. The summed E-state index contributed by atoms with van der Waals surface area (Å²) in [6.07, 6.45) is 5.89. The largest absolute Gasteiger partial charge is 0.454 e. The number of amides is 1. The van der Waals surface area contributed by atoms with Crippen LogP contribution in [0.25, 0.3) is 11.5 Å². The molecule has 2 aliphatic rings. The molecule has 1 aliphatic heterocycles. The monoisotopic (exact) mass is 375 g/mol. The molecule has 0 unspecified atom stereocenters. The van der Waals surface area contributed by atoms with Crippen molar-refractivity contribution in [2.24, 2.45) is 0 Å². The molecule has 2 heterocycles. The van der Waals surface area contributed by atoms with E-state index in [4.69, 9.17) is 13.9 Å². The molecule has 1 aromatic carbocycles. The Morgan fingerprint density at radius 3 is 2.85 bits per heavy atom. The Bertz CT molecular complexity index is 788. The van der Waals surface area contributed by atoms with E-state index < -0.39 is 0 Å². The highest BCUT2D eigenvalue weighted by molar-refractivity contribution is 7.99. The maximum Gasteiger partial charge on any atom is 0.277 e. The van der Waals surface area contributed by atoms with Crippen molar-refractivity contribution in [3.63, 3.8) is 0 Å². The van der Waals surface area contributed by atoms with Gasteiger partial charge in [-0.2, -0.15) is 0 Å². The van der Waals surface area contributed by atoms with Crippen molar-refractivity contribution < 1.29 is 18.7 Å². The zero-order valence-corrected chi connectivity index (χ0v) is 15.5. The molecule has 7 nitrogen and oxygen atoms in total. The molecule has 138 valence electrons. The van der Waals surface area contributed by atoms with Crippen LogP contribution in [0, 0.1) is 0 Å². The van der Waals surface area contributed by atoms with Gasteiger partial charge in [0.25, 0.3) is 5.22 Å². The molecular formula is C18H21N3O4S. The van der Waals surface area contributed by atoms with E-state index in [1.54, 1.807) is 0 Å². The van der Waals surface area contributed by atoms with Gasteiger partial charge in [0.05, 0.1) is 5.75 Å². The van der Waals surface area contributed by atoms with Gasteiger partial charge >= 0.3 is 0 Å². The van der Waals surface area contributed by atoms with Crippen LogP contribution in [-0.2, 0) is 4.79 Å². The quantitative estimate of drug-likeness (QED) is 0.742. The number of rotatable bonds is 5. The van der Waals surface area contributed by atoms with Gasteiger partial charge in [0.15, 0.2) is 11.5 Å². The summed E-state index contributed by atoms with van der Waals surface area (Å²) in [5, 5.41) is 8.49. The minimum Gasteiger partial charge on any atom is -0.454 e. The predicted octanol–water partition coefficient (Wildman–Crippen LogP) is 3.35. The van der Waals surface area contributed by atoms with Gasteiger partial charge in [-0.15, -0.1) is 10.2 Å². The van der Waals surface area contributed by atoms with Crippen molar-refractivity contribution in [1.82, 2.24) is 15.1 Å². The van der Waals surface area contributed by atoms with Crippen molar-refractivity contribution in [3.8, 4) is 23.0 Å². The average molecular weight is 375 g/mol. The molecule has 0 atom stereocenters. The number of aromatic nitrogens is 2. The standard InChI is InChI=1S/C18H21N3O4S/c1-21(13-5-3-2-4-6-13)16(22)10-26-18-20-19-17(25-18)12-7-8-14-15(9-12)24-11-23-14/h7-9,13H,2-6,10-11H2,1H3. The van der Waals surface area contributed by atoms with Crippen LogP contribution in [0.15, 0.2) is 27.8 Å². The second-order valence-corrected chi connectivity index (χ2v) is 7.45. The molecule has 1 aromatic heterocycles. The molecule has 1 amide bonds. The fourth-order valence-corrected chi connectivity index (χ4v) is 4.00. The van der Waals surface area contributed by atoms with Gasteiger partial charge in [0.2, 0.25) is 18.6 Å². The Labute approximate surface area is 156 Å². The van der Waals surface area contributed by atoms with Crippen LogP contribution >= 0.6 is 11.8 Å². The topological polar surface area (TPSA) is 77.7 Å². The Balaban J connectivity index is 1.35. The summed E-state index contributed by atoms with van der Waals surface area (Å²) in [4.78, 5) is 14.3. The van der Waals surface area contributed by atoms with Crippen LogP contribution in [0.4, 0.5) is 0 Å². The highest BCUT2D eigenvalue weighted by Crippen LogP contribution is 2.36. The molecule has 26 heavy (non-hydrogen) atoms. The van der Waals surface area contributed by atoms with Crippen molar-refractivity contribution in [2.45, 2.75) is 43.4 Å². The van der Waals surface area contributed by atoms with Crippen LogP contribution < -0.4 is 9.47 Å². The van der Waals surface area contributed by atoms with Gasteiger partial charge < -0.3 is 18.8 Å². The lowest BCUT2D eigenvalue weighted by atomic mass is 9.94. The smallest absolute Gasteiger partial charge is 0.277 e. The van der Waals surface area contributed by atoms with E-state index in [-0.39, 0.29) is 12.7 Å². The summed E-state index contributed by atoms with van der Waals surface area (Å²) in [5.41, 5.74) is 0.763. The molecule has 0 bridgehead atoms. The van der Waals surface area contributed by atoms with E-state index in [1.807, 2.05) is 30.1 Å². The molecule has 8 heteroatoms. The first-order valence-electron chi connectivity index (χ1n) is 8.83. The highest BCUT2D eigenvalue weighted by Gasteiger charge is 2.23. The number of benzene rings is 1. The van der Waals surface area contributed by atoms with Gasteiger partial charge in [-0.05, 0) is 31.0 Å². The third-order valence-electron chi connectivity index (χ3n) is 4.86. The molecule has 0 radical (unpaired) electrons. The molecule has 0 N–H and O–H groups in total. The third kappa shape index (κ3) is 3.65. The van der Waals surface area contributed by atoms with Crippen LogP contribution in [0.2, 0.25) is 0 Å². The van der Waals surface area contributed by atoms with Crippen LogP contribution in [-0.4, -0.2) is 46.6 Å². The Kier molecular flexibility index (Phi) is 5.01. The first-order valence-corrected chi connectivity index (χ1v) is 9.81. The summed E-state index contributed by atoms with van der Waals surface area (Å²) < 4.78 is 16.3.